The van der Waals surface area contributed by atoms with E-state index in [1.807, 2.05) is 0 Å². The van der Waals surface area contributed by atoms with Crippen molar-refractivity contribution in [3.63, 3.8) is 0 Å². The van der Waals surface area contributed by atoms with Crippen LogP contribution in [0.3, 0.4) is 0 Å². The molecule has 0 spiro atoms. The van der Waals surface area contributed by atoms with Crippen molar-refractivity contribution >= 4 is 0 Å². The molecule has 4 nitrogen and oxygen atoms in total. The van der Waals surface area contributed by atoms with Gasteiger partial charge in [0.15, 0.2) is 0 Å². The average molecular weight is 313 g/mol. The molecule has 3 N–H and O–H groups in total. The van der Waals surface area contributed by atoms with Crippen LogP contribution in [0.1, 0.15) is 26.2 Å². The molecule has 2 rings (SSSR count). The topological polar surface area (TPSA) is 73.2 Å². The molecule has 1 heterocycles. The van der Waals surface area contributed by atoms with Gasteiger partial charge in [-0.15, -0.1) is 0 Å². The maximum Gasteiger partial charge on any atom is 0.0845 e. The summed E-state index contributed by atoms with van der Waals surface area (Å²) in [5, 5.41) is 22.8. The Morgan fingerprint density at radius 2 is 1.56 bits per heavy atom. The Morgan fingerprint density at radius 1 is 1.06 bits per heavy atom. The van der Waals surface area contributed by atoms with Gasteiger partial charge in [-0.3, -0.25) is 0 Å². The Morgan fingerprint density at radius 3 is 1.94 bits per heavy atom. The molecule has 2 aliphatic rings. The number of ether oxygens (including phenoxy) is 1. The van der Waals surface area contributed by atoms with Crippen molar-refractivity contribution in [1.82, 2.24) is 0 Å². The van der Waals surface area contributed by atoms with Crippen LogP contribution in [0.2, 0.25) is 0 Å². The minimum atomic E-state index is 0. The van der Waals surface area contributed by atoms with E-state index in [2.05, 4.69) is 6.92 Å². The van der Waals surface area contributed by atoms with Crippen molar-refractivity contribution in [2.45, 2.75) is 38.4 Å². The molecule has 5 heteroatoms. The summed E-state index contributed by atoms with van der Waals surface area (Å²) >= 11 is 0. The zero-order valence-electron chi connectivity index (χ0n) is 10.5. The van der Waals surface area contributed by atoms with Gasteiger partial charge in [-0.25, -0.2) is 0 Å². The van der Waals surface area contributed by atoms with Crippen LogP contribution in [-0.2, 0) is 30.9 Å². The van der Waals surface area contributed by atoms with Crippen molar-refractivity contribution < 1.29 is 46.3 Å². The monoisotopic (exact) mass is 311 g/mol. The number of aliphatic hydroxyl groups excluding tert-OH is 3. The van der Waals surface area contributed by atoms with E-state index in [0.29, 0.717) is 24.7 Å². The fourth-order valence-corrected chi connectivity index (χ4v) is 1.65. The Labute approximate surface area is 118 Å². The van der Waals surface area contributed by atoms with Crippen LogP contribution in [0.4, 0.5) is 0 Å². The fourth-order valence-electron chi connectivity index (χ4n) is 1.65. The second-order valence-corrected chi connectivity index (χ2v) is 3.07. The first-order valence-electron chi connectivity index (χ1n) is 5.26. The van der Waals surface area contributed by atoms with Crippen LogP contribution in [0.15, 0.2) is 0 Å². The van der Waals surface area contributed by atoms with Crippen molar-refractivity contribution in [2.24, 2.45) is 5.92 Å². The van der Waals surface area contributed by atoms with E-state index in [0.717, 1.165) is 27.1 Å². The summed E-state index contributed by atoms with van der Waals surface area (Å²) in [6.45, 7) is 5.35. The zero-order valence-corrected chi connectivity index (χ0v) is 13.0. The second kappa shape index (κ2) is 15.7. The third-order valence-electron chi connectivity index (χ3n) is 2.37. The van der Waals surface area contributed by atoms with Crippen LogP contribution in [-0.4, -0.2) is 48.4 Å². The van der Waals surface area contributed by atoms with E-state index in [-0.39, 0.29) is 26.2 Å². The summed E-state index contributed by atoms with van der Waals surface area (Å²) < 4.78 is 5.30. The maximum atomic E-state index is 8.77. The van der Waals surface area contributed by atoms with Crippen molar-refractivity contribution in [2.75, 3.05) is 20.8 Å². The van der Waals surface area contributed by atoms with Crippen molar-refractivity contribution in [1.29, 1.82) is 0 Å². The third kappa shape index (κ3) is 8.83. The minimum absolute atomic E-state index is 0. The summed E-state index contributed by atoms with van der Waals surface area (Å²) in [7, 11) is 2.00. The third-order valence-corrected chi connectivity index (χ3v) is 2.37. The summed E-state index contributed by atoms with van der Waals surface area (Å²) in [6, 6.07) is 0. The molecular weight excluding hydrogens is 287 g/mol. The number of hydrogen-bond donors (Lipinski definition) is 3. The van der Waals surface area contributed by atoms with Gasteiger partial charge in [0.2, 0.25) is 0 Å². The number of aliphatic hydroxyl groups is 3. The number of rotatable bonds is 1. The predicted molar refractivity (Wildman–Crippen MR) is 60.4 cm³/mol. The standard InChI is InChI=1S/C7H12O2.C2H5.2CH4O.Zr/c8-4-5-1-2-6-7(3-5)9-6;3*1-2;/h5-8H,1-4H2;1H2,2H3;2*2H,1H3;/q;-1;;;. The molecule has 0 amide bonds. The first-order chi connectivity index (χ1) is 7.40. The van der Waals surface area contributed by atoms with E-state index in [9.17, 15) is 0 Å². The molecule has 0 aromatic carbocycles. The van der Waals surface area contributed by atoms with Gasteiger partial charge in [0.1, 0.15) is 0 Å². The fraction of sp³-hybridized carbons (Fsp3) is 0.909. The quantitative estimate of drug-likeness (QED) is 0.490. The Hall–Kier alpha value is 0.723. The van der Waals surface area contributed by atoms with Gasteiger partial charge in [0.25, 0.3) is 0 Å². The van der Waals surface area contributed by atoms with Gasteiger partial charge in [0.05, 0.1) is 12.2 Å². The molecule has 1 saturated carbocycles. The molecule has 3 unspecified atom stereocenters. The molecule has 0 bridgehead atoms. The molecule has 0 aromatic heterocycles. The first-order valence-corrected chi connectivity index (χ1v) is 5.26. The maximum absolute atomic E-state index is 8.77. The largest absolute Gasteiger partial charge is 0.400 e. The second-order valence-electron chi connectivity index (χ2n) is 3.07. The Kier molecular flexibility index (Phi) is 21.6. The van der Waals surface area contributed by atoms with E-state index in [1.165, 1.54) is 6.42 Å². The van der Waals surface area contributed by atoms with Crippen molar-refractivity contribution in [3.8, 4) is 0 Å². The summed E-state index contributed by atoms with van der Waals surface area (Å²) in [5.41, 5.74) is 0. The van der Waals surface area contributed by atoms with Crippen LogP contribution in [0, 0.1) is 12.8 Å². The van der Waals surface area contributed by atoms with Crippen molar-refractivity contribution in [3.05, 3.63) is 6.92 Å². The van der Waals surface area contributed by atoms with Gasteiger partial charge in [-0.05, 0) is 25.2 Å². The van der Waals surface area contributed by atoms with E-state index in [1.54, 1.807) is 6.92 Å². The molecule has 1 saturated heterocycles. The smallest absolute Gasteiger partial charge is 0.0845 e. The van der Waals surface area contributed by atoms with Gasteiger partial charge in [-0.1, -0.05) is 0 Å². The number of hydrogen-bond acceptors (Lipinski definition) is 4. The molecule has 16 heavy (non-hydrogen) atoms. The molecular formula is C11H25O4Zr-. The molecule has 1 aliphatic heterocycles. The summed E-state index contributed by atoms with van der Waals surface area (Å²) in [5.74, 6) is 0.536. The summed E-state index contributed by atoms with van der Waals surface area (Å²) in [6.07, 6.45) is 4.54. The molecule has 2 fully saturated rings. The van der Waals surface area contributed by atoms with Gasteiger partial charge in [0, 0.05) is 47.0 Å². The summed E-state index contributed by atoms with van der Waals surface area (Å²) in [4.78, 5) is 0. The van der Waals surface area contributed by atoms with Crippen LogP contribution < -0.4 is 0 Å². The zero-order chi connectivity index (χ0) is 12.3. The van der Waals surface area contributed by atoms with Gasteiger partial charge < -0.3 is 27.0 Å². The first kappa shape index (κ1) is 22.0. The predicted octanol–water partition coefficient (Wildman–Crippen LogP) is 0.601. The number of fused-ring (bicyclic) bond motifs is 1. The Bertz CT molecular complexity index is 125. The van der Waals surface area contributed by atoms with Crippen LogP contribution >= 0.6 is 0 Å². The molecule has 0 aromatic rings. The van der Waals surface area contributed by atoms with Gasteiger partial charge in [-0.2, -0.15) is 6.92 Å². The minimum Gasteiger partial charge on any atom is -0.400 e. The van der Waals surface area contributed by atoms with Gasteiger partial charge >= 0.3 is 0 Å². The number of epoxide rings is 1. The van der Waals surface area contributed by atoms with E-state index in [4.69, 9.17) is 20.1 Å². The average Bonchev–Trinajstić information content (AvgIpc) is 3.14. The Balaban J connectivity index is -0.000000214. The molecule has 0 radical (unpaired) electrons. The van der Waals surface area contributed by atoms with Crippen LogP contribution in [0.5, 0.6) is 0 Å². The van der Waals surface area contributed by atoms with E-state index >= 15 is 0 Å². The molecule has 1 aliphatic carbocycles. The SMILES string of the molecule is CO.CO.OCC1CCC2OC2C1.[CH2-]C.[Zr]. The molecule has 3 atom stereocenters. The van der Waals surface area contributed by atoms with E-state index < -0.39 is 0 Å². The molecule has 98 valence electrons. The normalized spacial score (nSPS) is 28.3. The van der Waals surface area contributed by atoms with Crippen LogP contribution in [0.25, 0.3) is 0 Å².